The molecule has 18 heavy (non-hydrogen) atoms. The summed E-state index contributed by atoms with van der Waals surface area (Å²) in [6.07, 6.45) is 4.80. The third-order valence-corrected chi connectivity index (χ3v) is 4.04. The Morgan fingerprint density at radius 1 is 1.50 bits per heavy atom. The van der Waals surface area contributed by atoms with E-state index in [1.807, 2.05) is 0 Å². The minimum Gasteiger partial charge on any atom is -0.476 e. The molecule has 0 bridgehead atoms. The summed E-state index contributed by atoms with van der Waals surface area (Å²) in [5, 5.41) is 13.8. The maximum atomic E-state index is 11.5. The van der Waals surface area contributed by atoms with Crippen LogP contribution in [0.5, 0.6) is 0 Å². The minimum atomic E-state index is -1.01. The number of carboxylic acid groups (broad SMARTS) is 1. The Balaban J connectivity index is 1.67. The van der Waals surface area contributed by atoms with E-state index in [1.165, 1.54) is 36.0 Å². The van der Waals surface area contributed by atoms with E-state index in [9.17, 15) is 9.59 Å². The van der Waals surface area contributed by atoms with Gasteiger partial charge in [-0.1, -0.05) is 6.42 Å². The Bertz CT molecular complexity index is 440. The van der Waals surface area contributed by atoms with Crippen molar-refractivity contribution in [3.8, 4) is 0 Å². The highest BCUT2D eigenvalue weighted by atomic mass is 32.1. The van der Waals surface area contributed by atoms with Gasteiger partial charge in [0.15, 0.2) is 5.69 Å². The molecule has 1 amide bonds. The molecule has 1 heterocycles. The quantitative estimate of drug-likeness (QED) is 0.823. The summed E-state index contributed by atoms with van der Waals surface area (Å²) in [6.45, 7) is 0.526. The predicted octanol–water partition coefficient (Wildman–Crippen LogP) is 1.69. The minimum absolute atomic E-state index is 0.0794. The number of hydrogen-bond acceptors (Lipinski definition) is 4. The fourth-order valence-corrected chi connectivity index (χ4v) is 2.64. The number of carbonyl (C=O) groups excluding carboxylic acids is 1. The lowest BCUT2D eigenvalue weighted by Gasteiger charge is -2.24. The number of carboxylic acids is 1. The third kappa shape index (κ3) is 3.53. The zero-order chi connectivity index (χ0) is 13.0. The van der Waals surface area contributed by atoms with Crippen LogP contribution in [0.1, 0.15) is 41.2 Å². The topological polar surface area (TPSA) is 79.3 Å². The Hall–Kier alpha value is -1.43. The number of amides is 1. The monoisotopic (exact) mass is 268 g/mol. The van der Waals surface area contributed by atoms with Crippen LogP contribution in [0.3, 0.4) is 0 Å². The molecule has 2 N–H and O–H groups in total. The van der Waals surface area contributed by atoms with Gasteiger partial charge in [0, 0.05) is 24.8 Å². The van der Waals surface area contributed by atoms with Crippen molar-refractivity contribution in [3.63, 3.8) is 0 Å². The molecule has 1 aromatic rings. The molecule has 1 aliphatic rings. The van der Waals surface area contributed by atoms with E-state index >= 15 is 0 Å². The average Bonchev–Trinajstić information content (AvgIpc) is 2.72. The standard InChI is InChI=1S/C12H16N2O3S/c15-10(6-8-2-1-3-8)13-5-4-11-14-9(7-18-11)12(16)17/h7-8H,1-6H2,(H,13,15)(H,16,17). The van der Waals surface area contributed by atoms with Crippen molar-refractivity contribution >= 4 is 23.2 Å². The largest absolute Gasteiger partial charge is 0.476 e. The molecule has 0 aliphatic heterocycles. The maximum Gasteiger partial charge on any atom is 0.355 e. The first-order valence-electron chi connectivity index (χ1n) is 6.09. The molecule has 0 saturated heterocycles. The van der Waals surface area contributed by atoms with E-state index in [2.05, 4.69) is 10.3 Å². The Labute approximate surface area is 109 Å². The lowest BCUT2D eigenvalue weighted by molar-refractivity contribution is -0.122. The lowest BCUT2D eigenvalue weighted by Crippen LogP contribution is -2.29. The fourth-order valence-electron chi connectivity index (χ4n) is 1.86. The highest BCUT2D eigenvalue weighted by molar-refractivity contribution is 7.09. The van der Waals surface area contributed by atoms with Crippen LogP contribution in [0.4, 0.5) is 0 Å². The third-order valence-electron chi connectivity index (χ3n) is 3.13. The number of hydrogen-bond donors (Lipinski definition) is 2. The molecule has 0 aromatic carbocycles. The van der Waals surface area contributed by atoms with E-state index in [-0.39, 0.29) is 11.6 Å². The van der Waals surface area contributed by atoms with Gasteiger partial charge in [0.25, 0.3) is 0 Å². The number of nitrogens with zero attached hydrogens (tertiary/aromatic N) is 1. The molecule has 5 nitrogen and oxygen atoms in total. The second-order valence-electron chi connectivity index (χ2n) is 4.53. The highest BCUT2D eigenvalue weighted by Crippen LogP contribution is 2.29. The zero-order valence-electron chi connectivity index (χ0n) is 10.0. The van der Waals surface area contributed by atoms with Crippen molar-refractivity contribution in [1.29, 1.82) is 0 Å². The summed E-state index contributed by atoms with van der Waals surface area (Å²) in [4.78, 5) is 26.1. The van der Waals surface area contributed by atoms with Gasteiger partial charge in [-0.05, 0) is 18.8 Å². The van der Waals surface area contributed by atoms with Crippen LogP contribution in [-0.4, -0.2) is 28.5 Å². The van der Waals surface area contributed by atoms with E-state index in [0.29, 0.717) is 25.3 Å². The van der Waals surface area contributed by atoms with Crippen LogP contribution in [-0.2, 0) is 11.2 Å². The molecule has 1 aromatic heterocycles. The molecule has 0 radical (unpaired) electrons. The smallest absolute Gasteiger partial charge is 0.355 e. The summed E-state index contributed by atoms with van der Waals surface area (Å²) in [7, 11) is 0. The molecular weight excluding hydrogens is 252 g/mol. The van der Waals surface area contributed by atoms with Gasteiger partial charge in [0.05, 0.1) is 5.01 Å². The van der Waals surface area contributed by atoms with Gasteiger partial charge >= 0.3 is 5.97 Å². The number of rotatable bonds is 6. The molecule has 98 valence electrons. The first-order valence-corrected chi connectivity index (χ1v) is 6.97. The Kier molecular flexibility index (Phi) is 4.30. The van der Waals surface area contributed by atoms with Crippen LogP contribution in [0.25, 0.3) is 0 Å². The van der Waals surface area contributed by atoms with Crippen molar-refractivity contribution in [3.05, 3.63) is 16.1 Å². The van der Waals surface area contributed by atoms with Crippen LogP contribution >= 0.6 is 11.3 Å². The van der Waals surface area contributed by atoms with Gasteiger partial charge in [-0.15, -0.1) is 11.3 Å². The summed E-state index contributed by atoms with van der Waals surface area (Å²) in [5.74, 6) is -0.343. The fraction of sp³-hybridized carbons (Fsp3) is 0.583. The van der Waals surface area contributed by atoms with Crippen LogP contribution in [0.2, 0.25) is 0 Å². The van der Waals surface area contributed by atoms with Crippen molar-refractivity contribution in [1.82, 2.24) is 10.3 Å². The summed E-state index contributed by atoms with van der Waals surface area (Å²) in [5.41, 5.74) is 0.0794. The predicted molar refractivity (Wildman–Crippen MR) is 67.7 cm³/mol. The van der Waals surface area contributed by atoms with Gasteiger partial charge in [-0.25, -0.2) is 9.78 Å². The van der Waals surface area contributed by atoms with Gasteiger partial charge in [0.2, 0.25) is 5.91 Å². The van der Waals surface area contributed by atoms with Crippen LogP contribution < -0.4 is 5.32 Å². The molecule has 0 atom stereocenters. The highest BCUT2D eigenvalue weighted by Gasteiger charge is 2.20. The Morgan fingerprint density at radius 2 is 2.28 bits per heavy atom. The second-order valence-corrected chi connectivity index (χ2v) is 5.48. The van der Waals surface area contributed by atoms with Gasteiger partial charge in [-0.3, -0.25) is 4.79 Å². The van der Waals surface area contributed by atoms with E-state index < -0.39 is 5.97 Å². The summed E-state index contributed by atoms with van der Waals surface area (Å²) >= 11 is 1.32. The first kappa shape index (κ1) is 13.0. The number of aromatic nitrogens is 1. The van der Waals surface area contributed by atoms with Crippen molar-refractivity contribution in [2.24, 2.45) is 5.92 Å². The molecule has 1 fully saturated rings. The van der Waals surface area contributed by atoms with E-state index in [4.69, 9.17) is 5.11 Å². The van der Waals surface area contributed by atoms with Gasteiger partial charge < -0.3 is 10.4 Å². The number of carbonyl (C=O) groups is 2. The normalized spacial score (nSPS) is 15.1. The van der Waals surface area contributed by atoms with Gasteiger partial charge in [0.1, 0.15) is 0 Å². The number of aromatic carboxylic acids is 1. The van der Waals surface area contributed by atoms with E-state index in [0.717, 1.165) is 5.01 Å². The summed E-state index contributed by atoms with van der Waals surface area (Å²) < 4.78 is 0. The molecule has 0 unspecified atom stereocenters. The number of thiazole rings is 1. The lowest BCUT2D eigenvalue weighted by atomic mass is 9.83. The molecule has 1 aliphatic carbocycles. The van der Waals surface area contributed by atoms with Crippen LogP contribution in [0, 0.1) is 5.92 Å². The molecule has 2 rings (SSSR count). The maximum absolute atomic E-state index is 11.5. The zero-order valence-corrected chi connectivity index (χ0v) is 10.8. The van der Waals surface area contributed by atoms with Crippen molar-refractivity contribution < 1.29 is 14.7 Å². The summed E-state index contributed by atoms with van der Waals surface area (Å²) in [6, 6.07) is 0. The SMILES string of the molecule is O=C(CC1CCC1)NCCc1nc(C(=O)O)cs1. The first-order chi connectivity index (χ1) is 8.65. The average molecular weight is 268 g/mol. The number of nitrogens with one attached hydrogen (secondary N) is 1. The molecule has 0 spiro atoms. The molecule has 6 heteroatoms. The molecule has 1 saturated carbocycles. The van der Waals surface area contributed by atoms with Crippen LogP contribution in [0.15, 0.2) is 5.38 Å². The van der Waals surface area contributed by atoms with Crippen molar-refractivity contribution in [2.75, 3.05) is 6.54 Å². The Morgan fingerprint density at radius 3 is 2.83 bits per heavy atom. The second kappa shape index (κ2) is 5.95. The van der Waals surface area contributed by atoms with Crippen molar-refractivity contribution in [2.45, 2.75) is 32.1 Å². The van der Waals surface area contributed by atoms with E-state index in [1.54, 1.807) is 0 Å². The van der Waals surface area contributed by atoms with Gasteiger partial charge in [-0.2, -0.15) is 0 Å². The molecular formula is C12H16N2O3S.